The summed E-state index contributed by atoms with van der Waals surface area (Å²) in [6.07, 6.45) is 4.37. The van der Waals surface area contributed by atoms with E-state index in [1.165, 1.54) is 0 Å². The van der Waals surface area contributed by atoms with Crippen LogP contribution in [0.5, 0.6) is 0 Å². The van der Waals surface area contributed by atoms with E-state index in [0.717, 1.165) is 51.9 Å². The fourth-order valence-corrected chi connectivity index (χ4v) is 3.50. The minimum atomic E-state index is -0.727. The van der Waals surface area contributed by atoms with Gasteiger partial charge in [-0.1, -0.05) is 12.8 Å². The van der Waals surface area contributed by atoms with Crippen LogP contribution in [0.4, 0.5) is 0 Å². The van der Waals surface area contributed by atoms with Crippen molar-refractivity contribution in [2.45, 2.75) is 38.5 Å². The predicted molar refractivity (Wildman–Crippen MR) is 76.4 cm³/mol. The Balaban J connectivity index is 1.56. The average molecular weight is 282 g/mol. The van der Waals surface area contributed by atoms with Gasteiger partial charge in [0.1, 0.15) is 0 Å². The summed E-state index contributed by atoms with van der Waals surface area (Å²) in [4.78, 5) is 26.9. The van der Waals surface area contributed by atoms with Gasteiger partial charge in [-0.25, -0.2) is 0 Å². The normalized spacial score (nSPS) is 25.9. The van der Waals surface area contributed by atoms with Crippen LogP contribution in [-0.4, -0.2) is 60.0 Å². The lowest BCUT2D eigenvalue weighted by Crippen LogP contribution is -2.32. The predicted octanol–water partition coefficient (Wildman–Crippen LogP) is 1.43. The van der Waals surface area contributed by atoms with Gasteiger partial charge >= 0.3 is 5.97 Å². The summed E-state index contributed by atoms with van der Waals surface area (Å²) in [5.41, 5.74) is 0. The molecule has 0 aromatic heterocycles. The number of nitrogens with zero attached hydrogens (tertiary/aromatic N) is 2. The number of amides is 1. The lowest BCUT2D eigenvalue weighted by Gasteiger charge is -2.19. The maximum Gasteiger partial charge on any atom is 0.303 e. The zero-order valence-electron chi connectivity index (χ0n) is 12.4. The first-order chi connectivity index (χ1) is 9.56. The Morgan fingerprint density at radius 2 is 1.50 bits per heavy atom. The van der Waals surface area contributed by atoms with Gasteiger partial charge in [-0.15, -0.1) is 0 Å². The van der Waals surface area contributed by atoms with Crippen LogP contribution in [0.3, 0.4) is 0 Å². The van der Waals surface area contributed by atoms with E-state index in [-0.39, 0.29) is 6.42 Å². The molecule has 1 N–H and O–H groups in total. The SMILES string of the molecule is CN1C[C@@H]2CN(C(=O)CCCCCCC(=O)O)C[C@@H]2C1. The van der Waals surface area contributed by atoms with Crippen LogP contribution in [0.25, 0.3) is 0 Å². The van der Waals surface area contributed by atoms with Gasteiger partial charge in [0, 0.05) is 39.0 Å². The third-order valence-corrected chi connectivity index (χ3v) is 4.55. The van der Waals surface area contributed by atoms with Crippen LogP contribution in [-0.2, 0) is 9.59 Å². The average Bonchev–Trinajstić information content (AvgIpc) is 2.89. The summed E-state index contributed by atoms with van der Waals surface area (Å²) in [5.74, 6) is 0.925. The lowest BCUT2D eigenvalue weighted by atomic mass is 10.0. The van der Waals surface area contributed by atoms with Gasteiger partial charge in [-0.2, -0.15) is 0 Å². The van der Waals surface area contributed by atoms with Crippen molar-refractivity contribution < 1.29 is 14.7 Å². The Labute approximate surface area is 120 Å². The van der Waals surface area contributed by atoms with Crippen molar-refractivity contribution in [3.05, 3.63) is 0 Å². The van der Waals surface area contributed by atoms with Crippen molar-refractivity contribution in [2.24, 2.45) is 11.8 Å². The van der Waals surface area contributed by atoms with Crippen LogP contribution < -0.4 is 0 Å². The molecule has 2 aliphatic rings. The highest BCUT2D eigenvalue weighted by Crippen LogP contribution is 2.30. The number of carboxylic acids is 1. The number of hydrogen-bond acceptors (Lipinski definition) is 3. The monoisotopic (exact) mass is 282 g/mol. The number of hydrogen-bond donors (Lipinski definition) is 1. The summed E-state index contributed by atoms with van der Waals surface area (Å²) in [5, 5.41) is 8.53. The number of carboxylic acid groups (broad SMARTS) is 1. The number of rotatable bonds is 7. The Bertz CT molecular complexity index is 345. The first-order valence-corrected chi connectivity index (χ1v) is 7.74. The Hall–Kier alpha value is -1.10. The molecule has 0 spiro atoms. The van der Waals surface area contributed by atoms with Crippen LogP contribution in [0.15, 0.2) is 0 Å². The summed E-state index contributed by atoms with van der Waals surface area (Å²) in [7, 11) is 2.15. The number of carbonyl (C=O) groups excluding carboxylic acids is 1. The van der Waals surface area contributed by atoms with Crippen molar-refractivity contribution in [3.8, 4) is 0 Å². The quantitative estimate of drug-likeness (QED) is 0.718. The van der Waals surface area contributed by atoms with E-state index in [1.54, 1.807) is 0 Å². The third-order valence-electron chi connectivity index (χ3n) is 4.55. The molecule has 5 heteroatoms. The zero-order valence-corrected chi connectivity index (χ0v) is 12.4. The second-order valence-corrected chi connectivity index (χ2v) is 6.35. The molecule has 0 saturated carbocycles. The van der Waals surface area contributed by atoms with Crippen molar-refractivity contribution >= 4 is 11.9 Å². The van der Waals surface area contributed by atoms with Crippen molar-refractivity contribution in [2.75, 3.05) is 33.2 Å². The standard InChI is InChI=1S/C15H26N2O3/c1-16-8-12-10-17(11-13(12)9-16)14(18)6-4-2-3-5-7-15(19)20/h12-13H,2-11H2,1H3,(H,19,20)/t12-,13+. The smallest absolute Gasteiger partial charge is 0.303 e. The Morgan fingerprint density at radius 1 is 0.950 bits per heavy atom. The Morgan fingerprint density at radius 3 is 2.05 bits per heavy atom. The molecule has 20 heavy (non-hydrogen) atoms. The molecule has 1 amide bonds. The van der Waals surface area contributed by atoms with Crippen LogP contribution in [0.1, 0.15) is 38.5 Å². The minimum absolute atomic E-state index is 0.247. The van der Waals surface area contributed by atoms with Crippen LogP contribution >= 0.6 is 0 Å². The zero-order chi connectivity index (χ0) is 14.5. The van der Waals surface area contributed by atoms with E-state index in [9.17, 15) is 9.59 Å². The molecule has 0 unspecified atom stereocenters. The fourth-order valence-electron chi connectivity index (χ4n) is 3.50. The molecule has 0 bridgehead atoms. The van der Waals surface area contributed by atoms with Gasteiger partial charge in [-0.3, -0.25) is 9.59 Å². The van der Waals surface area contributed by atoms with E-state index in [2.05, 4.69) is 11.9 Å². The van der Waals surface area contributed by atoms with Gasteiger partial charge in [0.15, 0.2) is 0 Å². The largest absolute Gasteiger partial charge is 0.481 e. The van der Waals surface area contributed by atoms with Crippen LogP contribution in [0, 0.1) is 11.8 Å². The number of unbranched alkanes of at least 4 members (excludes halogenated alkanes) is 3. The third kappa shape index (κ3) is 4.20. The van der Waals surface area contributed by atoms with Crippen LogP contribution in [0.2, 0.25) is 0 Å². The molecule has 2 heterocycles. The molecule has 0 radical (unpaired) electrons. The molecule has 114 valence electrons. The molecule has 0 aromatic rings. The number of fused-ring (bicyclic) bond motifs is 1. The van der Waals surface area contributed by atoms with Gasteiger partial charge in [0.05, 0.1) is 0 Å². The number of aliphatic carboxylic acids is 1. The van der Waals surface area contributed by atoms with E-state index in [4.69, 9.17) is 5.11 Å². The molecular formula is C15H26N2O3. The Kier molecular flexibility index (Phi) is 5.40. The maximum atomic E-state index is 12.1. The maximum absolute atomic E-state index is 12.1. The molecular weight excluding hydrogens is 256 g/mol. The summed E-state index contributed by atoms with van der Waals surface area (Å²) in [6.45, 7) is 4.13. The van der Waals surface area contributed by atoms with Gasteiger partial charge in [0.25, 0.3) is 0 Å². The van der Waals surface area contributed by atoms with E-state index < -0.39 is 5.97 Å². The van der Waals surface area contributed by atoms with E-state index in [0.29, 0.717) is 24.2 Å². The second-order valence-electron chi connectivity index (χ2n) is 6.35. The second kappa shape index (κ2) is 7.07. The van der Waals surface area contributed by atoms with Gasteiger partial charge < -0.3 is 14.9 Å². The molecule has 2 fully saturated rings. The molecule has 2 saturated heterocycles. The number of likely N-dealkylation sites (tertiary alicyclic amines) is 2. The topological polar surface area (TPSA) is 60.9 Å². The van der Waals surface area contributed by atoms with E-state index in [1.807, 2.05) is 4.90 Å². The lowest BCUT2D eigenvalue weighted by molar-refractivity contribution is -0.137. The first-order valence-electron chi connectivity index (χ1n) is 7.74. The van der Waals surface area contributed by atoms with Crippen molar-refractivity contribution in [1.82, 2.24) is 9.80 Å². The molecule has 2 rings (SSSR count). The molecule has 2 atom stereocenters. The van der Waals surface area contributed by atoms with Crippen molar-refractivity contribution in [1.29, 1.82) is 0 Å². The van der Waals surface area contributed by atoms with Gasteiger partial charge in [0.2, 0.25) is 5.91 Å². The summed E-state index contributed by atoms with van der Waals surface area (Å²) in [6, 6.07) is 0. The first kappa shape index (κ1) is 15.3. The van der Waals surface area contributed by atoms with Crippen molar-refractivity contribution in [3.63, 3.8) is 0 Å². The molecule has 0 aliphatic carbocycles. The van der Waals surface area contributed by atoms with Gasteiger partial charge in [-0.05, 0) is 31.7 Å². The highest BCUT2D eigenvalue weighted by Gasteiger charge is 2.39. The number of carbonyl (C=O) groups is 2. The summed E-state index contributed by atoms with van der Waals surface area (Å²) < 4.78 is 0. The molecule has 5 nitrogen and oxygen atoms in total. The molecule has 0 aromatic carbocycles. The summed E-state index contributed by atoms with van der Waals surface area (Å²) >= 11 is 0. The van der Waals surface area contributed by atoms with E-state index >= 15 is 0 Å². The highest BCUT2D eigenvalue weighted by molar-refractivity contribution is 5.76. The minimum Gasteiger partial charge on any atom is -0.481 e. The molecule has 2 aliphatic heterocycles. The fraction of sp³-hybridized carbons (Fsp3) is 0.867. The highest BCUT2D eigenvalue weighted by atomic mass is 16.4.